The van der Waals surface area contributed by atoms with E-state index >= 15 is 0 Å². The van der Waals surface area contributed by atoms with Crippen LogP contribution in [0.3, 0.4) is 0 Å². The van der Waals surface area contributed by atoms with Gasteiger partial charge in [-0.3, -0.25) is 4.79 Å². The Bertz CT molecular complexity index is 612. The molecule has 3 heteroatoms. The zero-order chi connectivity index (χ0) is 14.7. The van der Waals surface area contributed by atoms with Gasteiger partial charge in [0.25, 0.3) is 0 Å². The Morgan fingerprint density at radius 3 is 2.50 bits per heavy atom. The van der Waals surface area contributed by atoms with E-state index in [1.807, 2.05) is 13.8 Å². The molecule has 0 heterocycles. The number of ketones is 1. The molecule has 0 atom stereocenters. The molecule has 0 aromatic heterocycles. The van der Waals surface area contributed by atoms with Gasteiger partial charge < -0.3 is 4.74 Å². The van der Waals surface area contributed by atoms with Crippen molar-refractivity contribution in [1.82, 2.24) is 0 Å². The van der Waals surface area contributed by atoms with Crippen molar-refractivity contribution < 1.29 is 13.9 Å². The van der Waals surface area contributed by atoms with Crippen LogP contribution in [0.2, 0.25) is 0 Å². The zero-order valence-electron chi connectivity index (χ0n) is 11.8. The van der Waals surface area contributed by atoms with E-state index in [1.165, 1.54) is 12.1 Å². The summed E-state index contributed by atoms with van der Waals surface area (Å²) < 4.78 is 18.9. The number of benzene rings is 2. The van der Waals surface area contributed by atoms with Crippen LogP contribution in [-0.4, -0.2) is 11.9 Å². The molecule has 0 radical (unpaired) electrons. The molecule has 2 rings (SSSR count). The van der Waals surface area contributed by atoms with Gasteiger partial charge in [0.1, 0.15) is 11.6 Å². The average Bonchev–Trinajstić information content (AvgIpc) is 2.36. The first-order valence-electron chi connectivity index (χ1n) is 6.54. The van der Waals surface area contributed by atoms with Crippen LogP contribution in [0.5, 0.6) is 5.75 Å². The molecule has 0 saturated heterocycles. The second-order valence-electron chi connectivity index (χ2n) is 5.04. The summed E-state index contributed by atoms with van der Waals surface area (Å²) in [4.78, 5) is 12.4. The van der Waals surface area contributed by atoms with Gasteiger partial charge in [0, 0.05) is 11.1 Å². The van der Waals surface area contributed by atoms with Crippen LogP contribution in [0.25, 0.3) is 0 Å². The highest BCUT2D eigenvalue weighted by atomic mass is 19.1. The van der Waals surface area contributed by atoms with Crippen LogP contribution in [0.4, 0.5) is 4.39 Å². The van der Waals surface area contributed by atoms with Crippen molar-refractivity contribution in [3.05, 3.63) is 65.0 Å². The molecule has 0 bridgehead atoms. The Kier molecular flexibility index (Phi) is 4.18. The first-order valence-corrected chi connectivity index (χ1v) is 6.54. The summed E-state index contributed by atoms with van der Waals surface area (Å²) in [6.07, 6.45) is 0.0387. The molecule has 0 N–H and O–H groups in total. The van der Waals surface area contributed by atoms with Crippen molar-refractivity contribution in [2.75, 3.05) is 0 Å². The first kappa shape index (κ1) is 14.3. The Morgan fingerprint density at radius 1 is 1.10 bits per heavy atom. The maximum atomic E-state index is 13.4. The lowest BCUT2D eigenvalue weighted by molar-refractivity contribution is 0.103. The molecule has 2 aromatic rings. The number of hydrogen-bond donors (Lipinski definition) is 0. The SMILES string of the molecule is Cc1cc(F)cc(C(=O)c2cccc(OC(C)C)c2)c1. The number of carbonyl (C=O) groups excluding carboxylic acids is 1. The molecule has 0 aliphatic carbocycles. The predicted octanol–water partition coefficient (Wildman–Crippen LogP) is 4.15. The van der Waals surface area contributed by atoms with E-state index in [0.29, 0.717) is 16.9 Å². The minimum Gasteiger partial charge on any atom is -0.491 e. The molecule has 104 valence electrons. The second-order valence-corrected chi connectivity index (χ2v) is 5.04. The topological polar surface area (TPSA) is 26.3 Å². The van der Waals surface area contributed by atoms with E-state index < -0.39 is 5.82 Å². The third-order valence-electron chi connectivity index (χ3n) is 2.77. The molecule has 0 spiro atoms. The summed E-state index contributed by atoms with van der Waals surface area (Å²) in [7, 11) is 0. The lowest BCUT2D eigenvalue weighted by atomic mass is 10.0. The first-order chi connectivity index (χ1) is 9.45. The molecule has 0 saturated carbocycles. The summed E-state index contributed by atoms with van der Waals surface area (Å²) in [5.41, 5.74) is 1.57. The fourth-order valence-corrected chi connectivity index (χ4v) is 2.02. The zero-order valence-corrected chi connectivity index (χ0v) is 11.8. The monoisotopic (exact) mass is 272 g/mol. The van der Waals surface area contributed by atoms with Crippen LogP contribution in [0.15, 0.2) is 42.5 Å². The average molecular weight is 272 g/mol. The van der Waals surface area contributed by atoms with Gasteiger partial charge in [-0.25, -0.2) is 4.39 Å². The van der Waals surface area contributed by atoms with Crippen molar-refractivity contribution in [3.63, 3.8) is 0 Å². The summed E-state index contributed by atoms with van der Waals surface area (Å²) in [6.45, 7) is 5.60. The normalized spacial score (nSPS) is 10.7. The highest BCUT2D eigenvalue weighted by Crippen LogP contribution is 2.19. The Labute approximate surface area is 118 Å². The smallest absolute Gasteiger partial charge is 0.193 e. The molecule has 0 unspecified atom stereocenters. The fraction of sp³-hybridized carbons (Fsp3) is 0.235. The van der Waals surface area contributed by atoms with Crippen molar-refractivity contribution in [3.8, 4) is 5.75 Å². The van der Waals surface area contributed by atoms with Crippen molar-refractivity contribution >= 4 is 5.78 Å². The maximum absolute atomic E-state index is 13.4. The highest BCUT2D eigenvalue weighted by molar-refractivity contribution is 6.09. The van der Waals surface area contributed by atoms with Gasteiger partial charge in [-0.2, -0.15) is 0 Å². The van der Waals surface area contributed by atoms with Gasteiger partial charge in [-0.1, -0.05) is 12.1 Å². The largest absolute Gasteiger partial charge is 0.491 e. The number of aryl methyl sites for hydroxylation is 1. The van der Waals surface area contributed by atoms with E-state index in [1.54, 1.807) is 37.3 Å². The lowest BCUT2D eigenvalue weighted by Gasteiger charge is -2.10. The third-order valence-corrected chi connectivity index (χ3v) is 2.77. The number of halogens is 1. The number of ether oxygens (including phenoxy) is 1. The van der Waals surface area contributed by atoms with Gasteiger partial charge in [-0.15, -0.1) is 0 Å². The number of carbonyl (C=O) groups is 1. The minimum absolute atomic E-state index is 0.0387. The molecular weight excluding hydrogens is 255 g/mol. The van der Waals surface area contributed by atoms with E-state index in [9.17, 15) is 9.18 Å². The molecular formula is C17H17FO2. The minimum atomic E-state index is -0.400. The van der Waals surface area contributed by atoms with Crippen molar-refractivity contribution in [1.29, 1.82) is 0 Å². The molecule has 0 aliphatic rings. The van der Waals surface area contributed by atoms with Crippen LogP contribution >= 0.6 is 0 Å². The molecule has 2 nitrogen and oxygen atoms in total. The lowest BCUT2D eigenvalue weighted by Crippen LogP contribution is -2.07. The van der Waals surface area contributed by atoms with Crippen LogP contribution in [0.1, 0.15) is 35.3 Å². The Balaban J connectivity index is 2.33. The van der Waals surface area contributed by atoms with Crippen molar-refractivity contribution in [2.45, 2.75) is 26.9 Å². The standard InChI is InChI=1S/C17H17FO2/c1-11(2)20-16-6-4-5-13(10-16)17(19)14-7-12(3)8-15(18)9-14/h4-11H,1-3H3. The molecule has 0 amide bonds. The van der Waals surface area contributed by atoms with Crippen molar-refractivity contribution in [2.24, 2.45) is 0 Å². The van der Waals surface area contributed by atoms with Gasteiger partial charge in [0.15, 0.2) is 5.78 Å². The quantitative estimate of drug-likeness (QED) is 0.781. The summed E-state index contributed by atoms with van der Waals surface area (Å²) in [6, 6.07) is 11.3. The van der Waals surface area contributed by atoms with E-state index in [-0.39, 0.29) is 11.9 Å². The van der Waals surface area contributed by atoms with Gasteiger partial charge in [0.2, 0.25) is 0 Å². The van der Waals surface area contributed by atoms with Crippen LogP contribution < -0.4 is 4.74 Å². The van der Waals surface area contributed by atoms with Gasteiger partial charge in [-0.05, 0) is 56.7 Å². The van der Waals surface area contributed by atoms with Crippen LogP contribution in [-0.2, 0) is 0 Å². The number of hydrogen-bond acceptors (Lipinski definition) is 2. The molecule has 2 aromatic carbocycles. The Hall–Kier alpha value is -2.16. The summed E-state index contributed by atoms with van der Waals surface area (Å²) in [5, 5.41) is 0. The Morgan fingerprint density at radius 2 is 1.85 bits per heavy atom. The predicted molar refractivity (Wildman–Crippen MR) is 76.8 cm³/mol. The molecule has 0 fully saturated rings. The molecule has 20 heavy (non-hydrogen) atoms. The maximum Gasteiger partial charge on any atom is 0.193 e. The molecule has 0 aliphatic heterocycles. The number of rotatable bonds is 4. The summed E-state index contributed by atoms with van der Waals surface area (Å²) in [5.74, 6) is 0.0312. The van der Waals surface area contributed by atoms with Crippen LogP contribution in [0, 0.1) is 12.7 Å². The second kappa shape index (κ2) is 5.87. The van der Waals surface area contributed by atoms with Gasteiger partial charge >= 0.3 is 0 Å². The van der Waals surface area contributed by atoms with E-state index in [2.05, 4.69) is 0 Å². The highest BCUT2D eigenvalue weighted by Gasteiger charge is 2.12. The summed E-state index contributed by atoms with van der Waals surface area (Å²) >= 11 is 0. The van der Waals surface area contributed by atoms with E-state index in [0.717, 1.165) is 5.56 Å². The van der Waals surface area contributed by atoms with E-state index in [4.69, 9.17) is 4.74 Å². The van der Waals surface area contributed by atoms with Gasteiger partial charge in [0.05, 0.1) is 6.10 Å². The fourth-order valence-electron chi connectivity index (χ4n) is 2.02. The third kappa shape index (κ3) is 3.44.